The molecule has 26 heavy (non-hydrogen) atoms. The summed E-state index contributed by atoms with van der Waals surface area (Å²) < 4.78 is 4.91. The van der Waals surface area contributed by atoms with Crippen LogP contribution in [0.1, 0.15) is 51.0 Å². The molecule has 2 N–H and O–H groups in total. The molecular weight excluding hydrogens is 352 g/mol. The number of aliphatic imine (C=N–C) groups is 1. The molecule has 0 aliphatic heterocycles. The number of pyridine rings is 1. The number of esters is 1. The van der Waals surface area contributed by atoms with Gasteiger partial charge in [0.1, 0.15) is 5.15 Å². The van der Waals surface area contributed by atoms with E-state index in [0.29, 0.717) is 18.2 Å². The Morgan fingerprint density at radius 2 is 1.88 bits per heavy atom. The van der Waals surface area contributed by atoms with E-state index in [4.69, 9.17) is 16.3 Å². The molecule has 0 aliphatic carbocycles. The Bertz CT molecular complexity index is 535. The third-order valence-electron chi connectivity index (χ3n) is 3.87. The third kappa shape index (κ3) is 10.9. The number of ether oxygens (including phenoxy) is 1. The topological polar surface area (TPSA) is 75.6 Å². The van der Waals surface area contributed by atoms with Crippen molar-refractivity contribution in [2.45, 2.75) is 51.9 Å². The Hall–Kier alpha value is -1.82. The van der Waals surface area contributed by atoms with Crippen molar-refractivity contribution in [2.75, 3.05) is 26.7 Å². The van der Waals surface area contributed by atoms with Gasteiger partial charge in [0.15, 0.2) is 5.96 Å². The maximum absolute atomic E-state index is 11.2. The number of nitrogens with one attached hydrogen (secondary N) is 2. The summed E-state index contributed by atoms with van der Waals surface area (Å²) in [4.78, 5) is 19.5. The molecule has 0 bridgehead atoms. The highest BCUT2D eigenvalue weighted by atomic mass is 35.5. The first kappa shape index (κ1) is 22.2. The van der Waals surface area contributed by atoms with Crippen molar-refractivity contribution in [1.82, 2.24) is 15.6 Å². The minimum absolute atomic E-state index is 0.0848. The largest absolute Gasteiger partial charge is 0.466 e. The maximum Gasteiger partial charge on any atom is 0.305 e. The van der Waals surface area contributed by atoms with Gasteiger partial charge in [-0.05, 0) is 37.8 Å². The number of aromatic nitrogens is 1. The molecule has 1 rings (SSSR count). The molecule has 1 aromatic heterocycles. The number of hydrogen-bond acceptors (Lipinski definition) is 4. The van der Waals surface area contributed by atoms with E-state index in [9.17, 15) is 4.79 Å². The molecule has 0 saturated heterocycles. The molecule has 0 aromatic carbocycles. The van der Waals surface area contributed by atoms with Crippen LogP contribution < -0.4 is 10.6 Å². The van der Waals surface area contributed by atoms with E-state index in [1.54, 1.807) is 19.3 Å². The molecule has 0 unspecified atom stereocenters. The van der Waals surface area contributed by atoms with Crippen molar-refractivity contribution < 1.29 is 9.53 Å². The highest BCUT2D eigenvalue weighted by molar-refractivity contribution is 6.29. The van der Waals surface area contributed by atoms with Gasteiger partial charge in [0.05, 0.1) is 6.61 Å². The molecule has 0 saturated carbocycles. The van der Waals surface area contributed by atoms with E-state index in [1.165, 1.54) is 0 Å². The quantitative estimate of drug-likeness (QED) is 0.190. The summed E-state index contributed by atoms with van der Waals surface area (Å²) in [6, 6.07) is 3.78. The lowest BCUT2D eigenvalue weighted by atomic mass is 10.1. The molecule has 7 heteroatoms. The lowest BCUT2D eigenvalue weighted by Crippen LogP contribution is -2.38. The fraction of sp³-hybridized carbons (Fsp3) is 0.632. The number of unbranched alkanes of at least 4 members (excludes halogenated alkanes) is 4. The molecular formula is C19H31ClN4O2. The second-order valence-electron chi connectivity index (χ2n) is 5.99. The number of halogens is 1. The fourth-order valence-corrected chi connectivity index (χ4v) is 2.58. The van der Waals surface area contributed by atoms with Crippen LogP contribution >= 0.6 is 11.6 Å². The monoisotopic (exact) mass is 382 g/mol. The molecule has 1 aromatic rings. The highest BCUT2D eigenvalue weighted by Crippen LogP contribution is 2.06. The van der Waals surface area contributed by atoms with Gasteiger partial charge in [-0.15, -0.1) is 0 Å². The van der Waals surface area contributed by atoms with E-state index >= 15 is 0 Å². The van der Waals surface area contributed by atoms with Crippen LogP contribution in [0.2, 0.25) is 5.15 Å². The summed E-state index contributed by atoms with van der Waals surface area (Å²) >= 11 is 5.78. The van der Waals surface area contributed by atoms with E-state index in [1.807, 2.05) is 13.0 Å². The molecule has 6 nitrogen and oxygen atoms in total. The number of carbonyl (C=O) groups is 1. The maximum atomic E-state index is 11.2. The Morgan fingerprint density at radius 3 is 2.58 bits per heavy atom. The first-order valence-electron chi connectivity index (χ1n) is 9.36. The summed E-state index contributed by atoms with van der Waals surface area (Å²) in [5.74, 6) is 0.729. The van der Waals surface area contributed by atoms with E-state index < -0.39 is 0 Å². The second-order valence-corrected chi connectivity index (χ2v) is 6.37. The lowest BCUT2D eigenvalue weighted by molar-refractivity contribution is -0.143. The number of carbonyl (C=O) groups excluding carboxylic acids is 1. The number of nitrogens with zero attached hydrogens (tertiary/aromatic N) is 2. The summed E-state index contributed by atoms with van der Waals surface area (Å²) in [7, 11) is 1.77. The lowest BCUT2D eigenvalue weighted by Gasteiger charge is -2.11. The highest BCUT2D eigenvalue weighted by Gasteiger charge is 2.01. The Kier molecular flexibility index (Phi) is 12.3. The van der Waals surface area contributed by atoms with Gasteiger partial charge in [-0.2, -0.15) is 0 Å². The van der Waals surface area contributed by atoms with Crippen molar-refractivity contribution >= 4 is 23.5 Å². The van der Waals surface area contributed by atoms with E-state index in [-0.39, 0.29) is 5.97 Å². The Labute approximate surface area is 161 Å². The molecule has 0 spiro atoms. The van der Waals surface area contributed by atoms with Gasteiger partial charge in [0.25, 0.3) is 0 Å². The van der Waals surface area contributed by atoms with Gasteiger partial charge in [-0.3, -0.25) is 9.79 Å². The number of hydrogen-bond donors (Lipinski definition) is 2. The van der Waals surface area contributed by atoms with Crippen molar-refractivity contribution in [3.63, 3.8) is 0 Å². The second kappa shape index (κ2) is 14.4. The molecule has 0 aliphatic rings. The van der Waals surface area contributed by atoms with Crippen LogP contribution in [0, 0.1) is 0 Å². The standard InChI is InChI=1S/C19H31ClN4O2/c1-3-26-18(25)9-7-5-4-6-8-13-22-19(21-2)23-14-12-16-10-11-17(20)24-15-16/h10-11,15H,3-9,12-14H2,1-2H3,(H2,21,22,23). The van der Waals surface area contributed by atoms with Gasteiger partial charge < -0.3 is 15.4 Å². The van der Waals surface area contributed by atoms with Gasteiger partial charge in [0, 0.05) is 32.8 Å². The smallest absolute Gasteiger partial charge is 0.305 e. The van der Waals surface area contributed by atoms with Gasteiger partial charge >= 0.3 is 5.97 Å². The minimum atomic E-state index is -0.0848. The first-order chi connectivity index (χ1) is 12.7. The van der Waals surface area contributed by atoms with Crippen LogP contribution in [-0.4, -0.2) is 43.7 Å². The Morgan fingerprint density at radius 1 is 1.15 bits per heavy atom. The average Bonchev–Trinajstić information content (AvgIpc) is 2.64. The predicted octanol–water partition coefficient (Wildman–Crippen LogP) is 3.35. The average molecular weight is 383 g/mol. The summed E-state index contributed by atoms with van der Waals surface area (Å²) in [6.07, 6.45) is 8.54. The van der Waals surface area contributed by atoms with Crippen LogP contribution in [0.4, 0.5) is 0 Å². The third-order valence-corrected chi connectivity index (χ3v) is 4.10. The summed E-state index contributed by atoms with van der Waals surface area (Å²) in [6.45, 7) is 3.98. The predicted molar refractivity (Wildman–Crippen MR) is 107 cm³/mol. The Balaban J connectivity index is 2.01. The van der Waals surface area contributed by atoms with Gasteiger partial charge in [-0.1, -0.05) is 36.9 Å². The van der Waals surface area contributed by atoms with Crippen molar-refractivity contribution in [3.05, 3.63) is 29.0 Å². The molecule has 0 fully saturated rings. The van der Waals surface area contributed by atoms with Gasteiger partial charge in [-0.25, -0.2) is 4.98 Å². The molecule has 0 amide bonds. The van der Waals surface area contributed by atoms with E-state index in [2.05, 4.69) is 20.6 Å². The van der Waals surface area contributed by atoms with Crippen LogP contribution in [0.15, 0.2) is 23.3 Å². The van der Waals surface area contributed by atoms with Crippen molar-refractivity contribution in [1.29, 1.82) is 0 Å². The summed E-state index contributed by atoms with van der Waals surface area (Å²) in [5.41, 5.74) is 1.14. The van der Waals surface area contributed by atoms with E-state index in [0.717, 1.165) is 63.1 Å². The SMILES string of the molecule is CCOC(=O)CCCCCCCNC(=NC)NCCc1ccc(Cl)nc1. The normalized spacial score (nSPS) is 11.3. The fourth-order valence-electron chi connectivity index (χ4n) is 2.46. The molecule has 1 heterocycles. The first-order valence-corrected chi connectivity index (χ1v) is 9.74. The zero-order valence-corrected chi connectivity index (χ0v) is 16.6. The van der Waals surface area contributed by atoms with Crippen LogP contribution in [0.3, 0.4) is 0 Å². The number of guanidine groups is 1. The van der Waals surface area contributed by atoms with Gasteiger partial charge in [0.2, 0.25) is 0 Å². The van der Waals surface area contributed by atoms with Crippen LogP contribution in [0.5, 0.6) is 0 Å². The zero-order valence-electron chi connectivity index (χ0n) is 15.9. The number of rotatable bonds is 12. The molecule has 0 atom stereocenters. The summed E-state index contributed by atoms with van der Waals surface area (Å²) in [5, 5.41) is 7.13. The van der Waals surface area contributed by atoms with Crippen molar-refractivity contribution in [3.8, 4) is 0 Å². The van der Waals surface area contributed by atoms with Crippen molar-refractivity contribution in [2.24, 2.45) is 4.99 Å². The zero-order chi connectivity index (χ0) is 19.0. The van der Waals surface area contributed by atoms with Crippen LogP contribution in [-0.2, 0) is 16.0 Å². The molecule has 146 valence electrons. The molecule has 0 radical (unpaired) electrons. The minimum Gasteiger partial charge on any atom is -0.466 e. The van der Waals surface area contributed by atoms with Crippen LogP contribution in [0.25, 0.3) is 0 Å².